The van der Waals surface area contributed by atoms with Gasteiger partial charge in [0, 0.05) is 6.20 Å². The first-order valence-corrected chi connectivity index (χ1v) is 4.81. The Balaban J connectivity index is 2.61. The van der Waals surface area contributed by atoms with E-state index < -0.39 is 0 Å². The van der Waals surface area contributed by atoms with Crippen LogP contribution < -0.4 is 0 Å². The molecule has 0 amide bonds. The molecule has 0 aromatic carbocycles. The van der Waals surface area contributed by atoms with E-state index in [4.69, 9.17) is 16.0 Å². The Hall–Kier alpha value is -1.68. The molecule has 0 saturated carbocycles. The molecule has 3 heterocycles. The average molecular weight is 220 g/mol. The molecule has 0 aliphatic rings. The van der Waals surface area contributed by atoms with E-state index in [1.54, 1.807) is 6.20 Å². The summed E-state index contributed by atoms with van der Waals surface area (Å²) in [5, 5.41) is 1.09. The summed E-state index contributed by atoms with van der Waals surface area (Å²) in [4.78, 5) is 12.3. The molecule has 0 N–H and O–H groups in total. The average Bonchev–Trinajstić information content (AvgIpc) is 2.57. The number of nitrogens with zero attached hydrogens (tertiary/aromatic N) is 3. The van der Waals surface area contributed by atoms with Crippen molar-refractivity contribution in [3.8, 4) is 0 Å². The zero-order chi connectivity index (χ0) is 10.4. The lowest BCUT2D eigenvalue weighted by Gasteiger charge is -1.93. The van der Waals surface area contributed by atoms with Crippen molar-refractivity contribution in [1.82, 2.24) is 15.0 Å². The fraction of sp³-hybridized carbons (Fsp3) is 0.100. The van der Waals surface area contributed by atoms with Gasteiger partial charge in [0.1, 0.15) is 5.52 Å². The Kier molecular flexibility index (Phi) is 1.67. The van der Waals surface area contributed by atoms with Crippen LogP contribution in [0.3, 0.4) is 0 Å². The van der Waals surface area contributed by atoms with Gasteiger partial charge in [0.2, 0.25) is 11.0 Å². The van der Waals surface area contributed by atoms with E-state index in [1.807, 2.05) is 19.1 Å². The van der Waals surface area contributed by atoms with E-state index in [2.05, 4.69) is 15.0 Å². The van der Waals surface area contributed by atoms with Gasteiger partial charge < -0.3 is 4.42 Å². The van der Waals surface area contributed by atoms with Crippen molar-refractivity contribution in [3.63, 3.8) is 0 Å². The Morgan fingerprint density at radius 2 is 2.20 bits per heavy atom. The minimum atomic E-state index is 0.228. The Morgan fingerprint density at radius 1 is 1.33 bits per heavy atom. The molecule has 0 aliphatic heterocycles. The van der Waals surface area contributed by atoms with Crippen LogP contribution in [0, 0.1) is 6.92 Å². The summed E-state index contributed by atoms with van der Waals surface area (Å²) < 4.78 is 5.54. The zero-order valence-corrected chi connectivity index (χ0v) is 8.62. The van der Waals surface area contributed by atoms with Gasteiger partial charge in [0.15, 0.2) is 5.58 Å². The first-order valence-electron chi connectivity index (χ1n) is 4.43. The van der Waals surface area contributed by atoms with Crippen molar-refractivity contribution in [2.45, 2.75) is 6.92 Å². The van der Waals surface area contributed by atoms with Crippen LogP contribution in [0.4, 0.5) is 0 Å². The third-order valence-electron chi connectivity index (χ3n) is 2.23. The van der Waals surface area contributed by atoms with Crippen molar-refractivity contribution < 1.29 is 4.42 Å². The predicted octanol–water partition coefficient (Wildman–Crippen LogP) is 2.73. The van der Waals surface area contributed by atoms with Crippen LogP contribution in [-0.2, 0) is 0 Å². The largest absolute Gasteiger partial charge is 0.434 e. The van der Waals surface area contributed by atoms with Gasteiger partial charge in [-0.2, -0.15) is 0 Å². The highest BCUT2D eigenvalue weighted by Gasteiger charge is 2.12. The van der Waals surface area contributed by atoms with Crippen LogP contribution in [0.2, 0.25) is 5.28 Å². The number of rotatable bonds is 0. The fourth-order valence-electron chi connectivity index (χ4n) is 1.58. The Labute approximate surface area is 89.9 Å². The monoisotopic (exact) mass is 219 g/mol. The van der Waals surface area contributed by atoms with Crippen molar-refractivity contribution in [3.05, 3.63) is 29.3 Å². The second kappa shape index (κ2) is 2.90. The number of halogens is 1. The first kappa shape index (κ1) is 8.61. The molecule has 0 spiro atoms. The molecule has 0 aliphatic carbocycles. The number of hydrogen-bond donors (Lipinski definition) is 0. The topological polar surface area (TPSA) is 51.8 Å². The number of hydrogen-bond acceptors (Lipinski definition) is 4. The molecule has 0 unspecified atom stereocenters. The van der Waals surface area contributed by atoms with Gasteiger partial charge in [0.25, 0.3) is 0 Å². The van der Waals surface area contributed by atoms with Crippen molar-refractivity contribution in [2.75, 3.05) is 0 Å². The second-order valence-corrected chi connectivity index (χ2v) is 3.55. The summed E-state index contributed by atoms with van der Waals surface area (Å²) in [6.45, 7) is 1.83. The van der Waals surface area contributed by atoms with Gasteiger partial charge >= 0.3 is 0 Å². The van der Waals surface area contributed by atoms with Gasteiger partial charge in [-0.1, -0.05) is 0 Å². The molecule has 5 heteroatoms. The second-order valence-electron chi connectivity index (χ2n) is 3.21. The van der Waals surface area contributed by atoms with E-state index in [0.717, 1.165) is 16.6 Å². The number of aromatic nitrogens is 3. The summed E-state index contributed by atoms with van der Waals surface area (Å²) in [6, 6.07) is 3.74. The van der Waals surface area contributed by atoms with E-state index >= 15 is 0 Å². The molecule has 0 fully saturated rings. The van der Waals surface area contributed by atoms with Crippen LogP contribution >= 0.6 is 11.6 Å². The highest BCUT2D eigenvalue weighted by atomic mass is 35.5. The van der Waals surface area contributed by atoms with Crippen LogP contribution in [0.1, 0.15) is 5.69 Å². The Bertz CT molecular complexity index is 662. The van der Waals surface area contributed by atoms with Crippen molar-refractivity contribution in [1.29, 1.82) is 0 Å². The van der Waals surface area contributed by atoms with E-state index in [-0.39, 0.29) is 5.28 Å². The molecular weight excluding hydrogens is 214 g/mol. The smallest absolute Gasteiger partial charge is 0.229 e. The molecule has 4 nitrogen and oxygen atoms in total. The normalized spacial score (nSPS) is 11.3. The minimum absolute atomic E-state index is 0.228. The molecule has 74 valence electrons. The van der Waals surface area contributed by atoms with E-state index in [0.29, 0.717) is 11.3 Å². The van der Waals surface area contributed by atoms with Gasteiger partial charge in [-0.3, -0.25) is 0 Å². The third-order valence-corrected chi connectivity index (χ3v) is 2.40. The molecule has 3 aromatic rings. The number of furan rings is 1. The maximum atomic E-state index is 5.80. The van der Waals surface area contributed by atoms with E-state index in [1.165, 1.54) is 0 Å². The molecular formula is C10H6ClN3O. The molecule has 0 radical (unpaired) electrons. The highest BCUT2D eigenvalue weighted by molar-refractivity contribution is 6.28. The first-order chi connectivity index (χ1) is 7.25. The van der Waals surface area contributed by atoms with E-state index in [9.17, 15) is 0 Å². The quantitative estimate of drug-likeness (QED) is 0.546. The maximum absolute atomic E-state index is 5.80. The van der Waals surface area contributed by atoms with Gasteiger partial charge in [-0.15, -0.1) is 0 Å². The molecule has 3 aromatic heterocycles. The van der Waals surface area contributed by atoms with Gasteiger partial charge in [-0.25, -0.2) is 15.0 Å². The fourth-order valence-corrected chi connectivity index (χ4v) is 1.79. The van der Waals surface area contributed by atoms with Crippen molar-refractivity contribution >= 4 is 33.8 Å². The molecule has 0 atom stereocenters. The predicted molar refractivity (Wildman–Crippen MR) is 56.9 cm³/mol. The summed E-state index contributed by atoms with van der Waals surface area (Å²) >= 11 is 5.80. The van der Waals surface area contributed by atoms with Crippen LogP contribution in [-0.4, -0.2) is 15.0 Å². The van der Waals surface area contributed by atoms with Crippen LogP contribution in [0.25, 0.3) is 22.2 Å². The maximum Gasteiger partial charge on any atom is 0.229 e. The molecule has 3 rings (SSSR count). The molecule has 0 saturated heterocycles. The lowest BCUT2D eigenvalue weighted by Crippen LogP contribution is -1.86. The van der Waals surface area contributed by atoms with Gasteiger partial charge in [-0.05, 0) is 30.7 Å². The summed E-state index contributed by atoms with van der Waals surface area (Å²) in [7, 11) is 0. The SMILES string of the molecule is Cc1nc(Cl)nc2c1oc1ncccc12. The van der Waals surface area contributed by atoms with Crippen LogP contribution in [0.15, 0.2) is 22.7 Å². The third kappa shape index (κ3) is 1.18. The summed E-state index contributed by atoms with van der Waals surface area (Å²) in [6.07, 6.45) is 1.68. The standard InChI is InChI=1S/C10H6ClN3O/c1-5-8-7(14-10(11)13-5)6-3-2-4-12-9(6)15-8/h2-4H,1H3. The zero-order valence-electron chi connectivity index (χ0n) is 7.86. The lowest BCUT2D eigenvalue weighted by atomic mass is 10.3. The summed E-state index contributed by atoms with van der Waals surface area (Å²) in [5.74, 6) is 0. The highest BCUT2D eigenvalue weighted by Crippen LogP contribution is 2.27. The lowest BCUT2D eigenvalue weighted by molar-refractivity contribution is 0.647. The van der Waals surface area contributed by atoms with Gasteiger partial charge in [0.05, 0.1) is 11.1 Å². The number of pyridine rings is 1. The molecule has 15 heavy (non-hydrogen) atoms. The number of fused-ring (bicyclic) bond motifs is 3. The Morgan fingerprint density at radius 3 is 3.07 bits per heavy atom. The number of aryl methyl sites for hydroxylation is 1. The van der Waals surface area contributed by atoms with Crippen LogP contribution in [0.5, 0.6) is 0 Å². The van der Waals surface area contributed by atoms with Crippen molar-refractivity contribution in [2.24, 2.45) is 0 Å². The minimum Gasteiger partial charge on any atom is -0.434 e. The molecule has 0 bridgehead atoms. The summed E-state index contributed by atoms with van der Waals surface area (Å²) in [5.41, 5.74) is 2.65.